The van der Waals surface area contributed by atoms with Gasteiger partial charge in [0.25, 0.3) is 16.8 Å². The van der Waals surface area contributed by atoms with E-state index in [1.165, 1.54) is 24.3 Å². The summed E-state index contributed by atoms with van der Waals surface area (Å²) in [5, 5.41) is 14.0. The molecule has 0 spiro atoms. The number of aryl methyl sites for hydroxylation is 1. The Balaban J connectivity index is 1.59. The normalized spacial score (nSPS) is 17.6. The molecule has 3 aromatic rings. The molecule has 0 aromatic heterocycles. The average molecular weight is 509 g/mol. The van der Waals surface area contributed by atoms with Crippen LogP contribution in [0.1, 0.15) is 30.4 Å². The minimum atomic E-state index is -4.23. The molecular formula is C25H20N2O6S2. The number of thioether (sulfide) groups is 1. The van der Waals surface area contributed by atoms with Crippen LogP contribution in [-0.2, 0) is 14.6 Å². The SMILES string of the molecule is Cc1ccc([N+](=O)[O-])cc1C#CCCCC1(S(=O)(=O)c2ccc3ccccc3c2)SC(=O)NC1=O. The van der Waals surface area contributed by atoms with Crippen LogP contribution in [0.4, 0.5) is 10.5 Å². The van der Waals surface area contributed by atoms with Gasteiger partial charge in [-0.1, -0.05) is 48.2 Å². The molecule has 4 rings (SSSR count). The van der Waals surface area contributed by atoms with Gasteiger partial charge in [0.15, 0.2) is 0 Å². The molecule has 1 saturated heterocycles. The molecule has 2 amide bonds. The van der Waals surface area contributed by atoms with Gasteiger partial charge < -0.3 is 0 Å². The fraction of sp³-hybridized carbons (Fsp3) is 0.200. The van der Waals surface area contributed by atoms with Crippen LogP contribution in [0, 0.1) is 28.9 Å². The Morgan fingerprint density at radius 1 is 1.06 bits per heavy atom. The van der Waals surface area contributed by atoms with E-state index in [0.29, 0.717) is 22.7 Å². The maximum Gasteiger partial charge on any atom is 0.287 e. The van der Waals surface area contributed by atoms with Crippen molar-refractivity contribution in [1.82, 2.24) is 5.32 Å². The molecule has 1 fully saturated rings. The molecule has 8 nitrogen and oxygen atoms in total. The first-order chi connectivity index (χ1) is 16.6. The number of nitrogens with one attached hydrogen (secondary N) is 1. The highest BCUT2D eigenvalue weighted by atomic mass is 32.3. The summed E-state index contributed by atoms with van der Waals surface area (Å²) >= 11 is 0.480. The highest BCUT2D eigenvalue weighted by molar-refractivity contribution is 8.25. The number of benzene rings is 3. The molecule has 1 aliphatic rings. The molecule has 1 atom stereocenters. The second-order valence-electron chi connectivity index (χ2n) is 8.02. The lowest BCUT2D eigenvalue weighted by Gasteiger charge is -2.24. The number of unbranched alkanes of at least 4 members (excludes halogenated alkanes) is 1. The van der Waals surface area contributed by atoms with Gasteiger partial charge in [0.2, 0.25) is 13.9 Å². The van der Waals surface area contributed by atoms with Crippen molar-refractivity contribution < 1.29 is 22.9 Å². The highest BCUT2D eigenvalue weighted by Gasteiger charge is 2.57. The summed E-state index contributed by atoms with van der Waals surface area (Å²) in [6, 6.07) is 16.3. The molecule has 0 saturated carbocycles. The summed E-state index contributed by atoms with van der Waals surface area (Å²) in [6.45, 7) is 1.78. The lowest BCUT2D eigenvalue weighted by molar-refractivity contribution is -0.384. The first-order valence-electron chi connectivity index (χ1n) is 10.7. The van der Waals surface area contributed by atoms with E-state index in [-0.39, 0.29) is 29.8 Å². The molecule has 35 heavy (non-hydrogen) atoms. The number of hydrogen-bond acceptors (Lipinski definition) is 7. The van der Waals surface area contributed by atoms with Gasteiger partial charge in [0, 0.05) is 24.1 Å². The molecule has 1 heterocycles. The van der Waals surface area contributed by atoms with Crippen LogP contribution >= 0.6 is 11.8 Å². The van der Waals surface area contributed by atoms with Gasteiger partial charge in [-0.25, -0.2) is 8.42 Å². The monoisotopic (exact) mass is 508 g/mol. The number of hydrogen-bond donors (Lipinski definition) is 1. The Hall–Kier alpha value is -3.68. The number of rotatable bonds is 6. The van der Waals surface area contributed by atoms with Crippen LogP contribution in [0.15, 0.2) is 65.6 Å². The Morgan fingerprint density at radius 2 is 1.80 bits per heavy atom. The molecular weight excluding hydrogens is 488 g/mol. The molecule has 1 N–H and O–H groups in total. The maximum atomic E-state index is 13.7. The summed E-state index contributed by atoms with van der Waals surface area (Å²) in [4.78, 5) is 35.3. The van der Waals surface area contributed by atoms with Gasteiger partial charge in [-0.2, -0.15) is 0 Å². The van der Waals surface area contributed by atoms with Gasteiger partial charge in [-0.3, -0.25) is 25.0 Å². The molecule has 178 valence electrons. The molecule has 3 aromatic carbocycles. The van der Waals surface area contributed by atoms with Crippen LogP contribution in [-0.4, -0.2) is 28.6 Å². The first-order valence-corrected chi connectivity index (χ1v) is 13.0. The summed E-state index contributed by atoms with van der Waals surface area (Å²) in [6.07, 6.45) is 0.341. The summed E-state index contributed by atoms with van der Waals surface area (Å²) in [7, 11) is -4.23. The van der Waals surface area contributed by atoms with Crippen LogP contribution in [0.5, 0.6) is 0 Å². The second-order valence-corrected chi connectivity index (χ2v) is 11.7. The van der Waals surface area contributed by atoms with E-state index in [1.807, 2.05) is 12.1 Å². The van der Waals surface area contributed by atoms with Gasteiger partial charge >= 0.3 is 0 Å². The van der Waals surface area contributed by atoms with E-state index in [0.717, 1.165) is 10.9 Å². The Kier molecular flexibility index (Phi) is 6.65. The minimum Gasteiger partial charge on any atom is -0.285 e. The fourth-order valence-electron chi connectivity index (χ4n) is 3.84. The Morgan fingerprint density at radius 3 is 2.49 bits per heavy atom. The van der Waals surface area contributed by atoms with Crippen molar-refractivity contribution in [3.63, 3.8) is 0 Å². The number of carbonyl (C=O) groups is 2. The fourth-order valence-corrected chi connectivity index (χ4v) is 7.24. The maximum absolute atomic E-state index is 13.7. The molecule has 10 heteroatoms. The van der Waals surface area contributed by atoms with E-state index >= 15 is 0 Å². The van der Waals surface area contributed by atoms with Crippen molar-refractivity contribution >= 4 is 49.2 Å². The predicted molar refractivity (Wildman–Crippen MR) is 134 cm³/mol. The quantitative estimate of drug-likeness (QED) is 0.221. The van der Waals surface area contributed by atoms with E-state index in [9.17, 15) is 28.1 Å². The van der Waals surface area contributed by atoms with Crippen molar-refractivity contribution in [2.24, 2.45) is 0 Å². The number of carbonyl (C=O) groups excluding carboxylic acids is 2. The topological polar surface area (TPSA) is 123 Å². The number of nitrogens with zero attached hydrogens (tertiary/aromatic N) is 1. The number of nitro groups is 1. The van der Waals surface area contributed by atoms with Gasteiger partial charge in [-0.05, 0) is 60.0 Å². The highest BCUT2D eigenvalue weighted by Crippen LogP contribution is 2.44. The molecule has 0 aliphatic carbocycles. The zero-order valence-electron chi connectivity index (χ0n) is 18.6. The summed E-state index contributed by atoms with van der Waals surface area (Å²) in [5.74, 6) is 4.92. The lowest BCUT2D eigenvalue weighted by atomic mass is 10.1. The second kappa shape index (κ2) is 9.52. The van der Waals surface area contributed by atoms with E-state index in [4.69, 9.17) is 0 Å². The Bertz CT molecular complexity index is 1540. The van der Waals surface area contributed by atoms with Crippen LogP contribution in [0.2, 0.25) is 0 Å². The van der Waals surface area contributed by atoms with Crippen molar-refractivity contribution in [3.8, 4) is 11.8 Å². The molecule has 1 unspecified atom stereocenters. The van der Waals surface area contributed by atoms with Crippen molar-refractivity contribution in [2.45, 2.75) is 35.2 Å². The van der Waals surface area contributed by atoms with Crippen LogP contribution in [0.25, 0.3) is 10.8 Å². The van der Waals surface area contributed by atoms with Crippen molar-refractivity contribution in [3.05, 3.63) is 81.9 Å². The number of nitro benzene ring substituents is 1. The molecule has 1 aliphatic heterocycles. The van der Waals surface area contributed by atoms with Crippen molar-refractivity contribution in [2.75, 3.05) is 0 Å². The zero-order valence-corrected chi connectivity index (χ0v) is 20.2. The van der Waals surface area contributed by atoms with E-state index in [2.05, 4.69) is 17.2 Å². The number of imide groups is 1. The van der Waals surface area contributed by atoms with E-state index < -0.39 is 30.0 Å². The third-order valence-corrected chi connectivity index (χ3v) is 9.79. The largest absolute Gasteiger partial charge is 0.287 e. The average Bonchev–Trinajstić information content (AvgIpc) is 3.13. The van der Waals surface area contributed by atoms with Crippen molar-refractivity contribution in [1.29, 1.82) is 0 Å². The number of fused-ring (bicyclic) bond motifs is 1. The molecule has 0 radical (unpaired) electrons. The van der Waals surface area contributed by atoms with Gasteiger partial charge in [0.05, 0.1) is 9.82 Å². The number of amides is 2. The predicted octanol–water partition coefficient (Wildman–Crippen LogP) is 4.73. The third-order valence-electron chi connectivity index (χ3n) is 5.75. The van der Waals surface area contributed by atoms with Crippen LogP contribution in [0.3, 0.4) is 0 Å². The summed E-state index contributed by atoms with van der Waals surface area (Å²) in [5.41, 5.74) is 1.20. The number of non-ortho nitro benzene ring substituents is 1. The zero-order chi connectivity index (χ0) is 25.2. The first kappa shape index (κ1) is 24.4. The minimum absolute atomic E-state index is 0.0353. The van der Waals surface area contributed by atoms with Crippen LogP contribution < -0.4 is 5.32 Å². The number of sulfone groups is 1. The third kappa shape index (κ3) is 4.65. The Labute approximate surface area is 206 Å². The van der Waals surface area contributed by atoms with E-state index in [1.54, 1.807) is 31.2 Å². The lowest BCUT2D eigenvalue weighted by Crippen LogP contribution is -2.43. The summed E-state index contributed by atoms with van der Waals surface area (Å²) < 4.78 is 25.3. The smallest absolute Gasteiger partial charge is 0.285 e. The molecule has 0 bridgehead atoms. The standard InChI is InChI=1S/C25H20N2O6S2/c1-17-10-12-21(27(30)31)15-19(17)8-3-2-6-14-25(23(28)26-24(29)34-25)35(32,33)22-13-11-18-7-4-5-9-20(18)16-22/h4-5,7,9-13,15-16H,2,6,14H2,1H3,(H,26,28,29). The van der Waals surface area contributed by atoms with Gasteiger partial charge in [-0.15, -0.1) is 0 Å². The van der Waals surface area contributed by atoms with Gasteiger partial charge in [0.1, 0.15) is 0 Å².